The number of rotatable bonds is 8. The fourth-order valence-corrected chi connectivity index (χ4v) is 2.53. The molecule has 1 aromatic rings. The number of hydrogen-bond donors (Lipinski definition) is 1. The molecular formula is C15H26N4O2. The minimum Gasteiger partial charge on any atom is -0.475 e. The molecule has 2 rings (SSSR count). The molecule has 0 bridgehead atoms. The average molecular weight is 294 g/mol. The first-order valence-electron chi connectivity index (χ1n) is 7.66. The number of nitrogens with one attached hydrogen (secondary N) is 1. The summed E-state index contributed by atoms with van der Waals surface area (Å²) in [6.45, 7) is 7.54. The fourth-order valence-electron chi connectivity index (χ4n) is 2.53. The molecule has 1 saturated heterocycles. The van der Waals surface area contributed by atoms with Crippen LogP contribution in [0.25, 0.3) is 0 Å². The summed E-state index contributed by atoms with van der Waals surface area (Å²) in [5, 5.41) is 3.42. The highest BCUT2D eigenvalue weighted by molar-refractivity contribution is 5.35. The Labute approximate surface area is 126 Å². The van der Waals surface area contributed by atoms with Gasteiger partial charge in [0.25, 0.3) is 0 Å². The molecule has 1 unspecified atom stereocenters. The van der Waals surface area contributed by atoms with E-state index >= 15 is 0 Å². The lowest BCUT2D eigenvalue weighted by Crippen LogP contribution is -2.39. The van der Waals surface area contributed by atoms with Gasteiger partial charge < -0.3 is 19.7 Å². The molecule has 0 saturated carbocycles. The van der Waals surface area contributed by atoms with Crippen LogP contribution in [0, 0.1) is 0 Å². The SMILES string of the molecule is COCCNCC1CCCN1c1nccc(OC(C)C)n1. The molecule has 0 amide bonds. The van der Waals surface area contributed by atoms with Gasteiger partial charge in [0.05, 0.1) is 12.7 Å². The van der Waals surface area contributed by atoms with Gasteiger partial charge in [-0.25, -0.2) is 4.98 Å². The number of hydrogen-bond acceptors (Lipinski definition) is 6. The Morgan fingerprint density at radius 2 is 2.33 bits per heavy atom. The van der Waals surface area contributed by atoms with Gasteiger partial charge in [0.15, 0.2) is 0 Å². The van der Waals surface area contributed by atoms with Crippen LogP contribution in [0.1, 0.15) is 26.7 Å². The van der Waals surface area contributed by atoms with Gasteiger partial charge in [-0.3, -0.25) is 0 Å². The van der Waals surface area contributed by atoms with E-state index in [1.165, 1.54) is 12.8 Å². The monoisotopic (exact) mass is 294 g/mol. The molecule has 1 aliphatic heterocycles. The minimum absolute atomic E-state index is 0.123. The van der Waals surface area contributed by atoms with Gasteiger partial charge in [-0.2, -0.15) is 4.98 Å². The van der Waals surface area contributed by atoms with Crippen molar-refractivity contribution < 1.29 is 9.47 Å². The van der Waals surface area contributed by atoms with Crippen LogP contribution in [-0.4, -0.2) is 55.5 Å². The molecule has 0 aromatic carbocycles. The summed E-state index contributed by atoms with van der Waals surface area (Å²) in [5.41, 5.74) is 0. The number of anilines is 1. The van der Waals surface area contributed by atoms with E-state index in [4.69, 9.17) is 9.47 Å². The Balaban J connectivity index is 1.95. The summed E-state index contributed by atoms with van der Waals surface area (Å²) >= 11 is 0. The van der Waals surface area contributed by atoms with Crippen molar-refractivity contribution in [2.45, 2.75) is 38.8 Å². The van der Waals surface area contributed by atoms with Gasteiger partial charge in [0, 0.05) is 45.0 Å². The highest BCUT2D eigenvalue weighted by Gasteiger charge is 2.26. The number of nitrogens with zero attached hydrogens (tertiary/aromatic N) is 3. The van der Waals surface area contributed by atoms with E-state index in [1.54, 1.807) is 13.3 Å². The lowest BCUT2D eigenvalue weighted by molar-refractivity contribution is 0.199. The molecule has 6 heteroatoms. The van der Waals surface area contributed by atoms with Crippen LogP contribution in [-0.2, 0) is 4.74 Å². The number of ether oxygens (including phenoxy) is 2. The highest BCUT2D eigenvalue weighted by Crippen LogP contribution is 2.23. The molecule has 21 heavy (non-hydrogen) atoms. The van der Waals surface area contributed by atoms with Crippen molar-refractivity contribution in [1.29, 1.82) is 0 Å². The first kappa shape index (κ1) is 16.0. The van der Waals surface area contributed by atoms with Crippen LogP contribution in [0.15, 0.2) is 12.3 Å². The quantitative estimate of drug-likeness (QED) is 0.733. The van der Waals surface area contributed by atoms with Crippen molar-refractivity contribution in [1.82, 2.24) is 15.3 Å². The van der Waals surface area contributed by atoms with Gasteiger partial charge in [-0.05, 0) is 26.7 Å². The second kappa shape index (κ2) is 8.14. The van der Waals surface area contributed by atoms with E-state index < -0.39 is 0 Å². The molecule has 6 nitrogen and oxygen atoms in total. The maximum absolute atomic E-state index is 5.65. The first-order chi connectivity index (χ1) is 10.2. The van der Waals surface area contributed by atoms with Gasteiger partial charge in [-0.1, -0.05) is 0 Å². The van der Waals surface area contributed by atoms with Gasteiger partial charge >= 0.3 is 0 Å². The van der Waals surface area contributed by atoms with Gasteiger partial charge in [0.2, 0.25) is 11.8 Å². The van der Waals surface area contributed by atoms with E-state index in [0.717, 1.165) is 32.2 Å². The van der Waals surface area contributed by atoms with Crippen LogP contribution in [0.3, 0.4) is 0 Å². The normalized spacial score (nSPS) is 18.5. The third kappa shape index (κ3) is 4.82. The Bertz CT molecular complexity index is 428. The predicted octanol–water partition coefficient (Wildman–Crippen LogP) is 1.47. The second-order valence-corrected chi connectivity index (χ2v) is 5.55. The zero-order valence-corrected chi connectivity index (χ0v) is 13.2. The van der Waals surface area contributed by atoms with Crippen molar-refractivity contribution in [3.05, 3.63) is 12.3 Å². The highest BCUT2D eigenvalue weighted by atomic mass is 16.5. The topological polar surface area (TPSA) is 59.5 Å². The Hall–Kier alpha value is -1.40. The Morgan fingerprint density at radius 1 is 1.48 bits per heavy atom. The van der Waals surface area contributed by atoms with Crippen molar-refractivity contribution >= 4 is 5.95 Å². The Morgan fingerprint density at radius 3 is 3.10 bits per heavy atom. The van der Waals surface area contributed by atoms with Crippen molar-refractivity contribution in [2.75, 3.05) is 38.3 Å². The maximum atomic E-state index is 5.65. The average Bonchev–Trinajstić information content (AvgIpc) is 2.91. The molecule has 118 valence electrons. The van der Waals surface area contributed by atoms with E-state index in [0.29, 0.717) is 11.9 Å². The van der Waals surface area contributed by atoms with Crippen LogP contribution >= 0.6 is 0 Å². The molecular weight excluding hydrogens is 268 g/mol. The van der Waals surface area contributed by atoms with Crippen molar-refractivity contribution in [2.24, 2.45) is 0 Å². The second-order valence-electron chi connectivity index (χ2n) is 5.55. The van der Waals surface area contributed by atoms with Crippen LogP contribution in [0.4, 0.5) is 5.95 Å². The van der Waals surface area contributed by atoms with E-state index in [1.807, 2.05) is 19.9 Å². The zero-order valence-electron chi connectivity index (χ0n) is 13.2. The summed E-state index contributed by atoms with van der Waals surface area (Å²) in [7, 11) is 1.72. The lowest BCUT2D eigenvalue weighted by atomic mass is 10.2. The molecule has 0 radical (unpaired) electrons. The summed E-state index contributed by atoms with van der Waals surface area (Å²) in [6.07, 6.45) is 4.24. The van der Waals surface area contributed by atoms with E-state index in [-0.39, 0.29) is 6.10 Å². The minimum atomic E-state index is 0.123. The van der Waals surface area contributed by atoms with E-state index in [9.17, 15) is 0 Å². The van der Waals surface area contributed by atoms with Crippen molar-refractivity contribution in [3.63, 3.8) is 0 Å². The molecule has 1 aliphatic rings. The maximum Gasteiger partial charge on any atom is 0.228 e. The summed E-state index contributed by atoms with van der Waals surface area (Å²) in [4.78, 5) is 11.2. The molecule has 0 aliphatic carbocycles. The third-order valence-corrected chi connectivity index (χ3v) is 3.47. The summed E-state index contributed by atoms with van der Waals surface area (Å²) < 4.78 is 10.7. The third-order valence-electron chi connectivity index (χ3n) is 3.47. The molecule has 1 aromatic heterocycles. The smallest absolute Gasteiger partial charge is 0.228 e. The fraction of sp³-hybridized carbons (Fsp3) is 0.733. The molecule has 1 atom stereocenters. The molecule has 1 fully saturated rings. The van der Waals surface area contributed by atoms with Gasteiger partial charge in [0.1, 0.15) is 0 Å². The summed E-state index contributed by atoms with van der Waals surface area (Å²) in [6, 6.07) is 2.25. The van der Waals surface area contributed by atoms with E-state index in [2.05, 4.69) is 20.2 Å². The standard InChI is InChI=1S/C15H26N4O2/c1-12(2)21-14-6-7-17-15(18-14)19-9-4-5-13(19)11-16-8-10-20-3/h6-7,12-13,16H,4-5,8-11H2,1-3H3. The molecule has 1 N–H and O–H groups in total. The predicted molar refractivity (Wildman–Crippen MR) is 82.9 cm³/mol. The lowest BCUT2D eigenvalue weighted by Gasteiger charge is -2.25. The van der Waals surface area contributed by atoms with Gasteiger partial charge in [-0.15, -0.1) is 0 Å². The number of methoxy groups -OCH3 is 1. The van der Waals surface area contributed by atoms with Crippen LogP contribution in [0.5, 0.6) is 5.88 Å². The molecule has 0 spiro atoms. The zero-order chi connectivity index (χ0) is 15.1. The van der Waals surface area contributed by atoms with Crippen LogP contribution in [0.2, 0.25) is 0 Å². The summed E-state index contributed by atoms with van der Waals surface area (Å²) in [5.74, 6) is 1.41. The van der Waals surface area contributed by atoms with Crippen LogP contribution < -0.4 is 15.0 Å². The number of aromatic nitrogens is 2. The molecule has 2 heterocycles. The van der Waals surface area contributed by atoms with Crippen molar-refractivity contribution in [3.8, 4) is 5.88 Å². The first-order valence-corrected chi connectivity index (χ1v) is 7.66. The Kier molecular flexibility index (Phi) is 6.20. The largest absolute Gasteiger partial charge is 0.475 e.